The molecule has 0 spiro atoms. The molecule has 0 amide bonds. The highest BCUT2D eigenvalue weighted by molar-refractivity contribution is 6.14. The minimum Gasteiger partial charge on any atom is -0.481 e. The lowest BCUT2D eigenvalue weighted by Gasteiger charge is -2.35. The summed E-state index contributed by atoms with van der Waals surface area (Å²) in [6, 6.07) is 51.2. The molecule has 4 aliphatic carbocycles. The zero-order valence-corrected chi connectivity index (χ0v) is 33.0. The van der Waals surface area contributed by atoms with Crippen molar-refractivity contribution < 1.29 is 9.15 Å². The van der Waals surface area contributed by atoms with Crippen LogP contribution in [0.25, 0.3) is 77.5 Å². The van der Waals surface area contributed by atoms with E-state index in [1.54, 1.807) is 0 Å². The van der Waals surface area contributed by atoms with Crippen LogP contribution >= 0.6 is 0 Å². The summed E-state index contributed by atoms with van der Waals surface area (Å²) in [5.41, 5.74) is 16.2. The van der Waals surface area contributed by atoms with E-state index in [1.807, 2.05) is 0 Å². The molecule has 0 bridgehead atoms. The van der Waals surface area contributed by atoms with Crippen LogP contribution in [0.15, 0.2) is 204 Å². The van der Waals surface area contributed by atoms with Gasteiger partial charge in [0.2, 0.25) is 0 Å². The van der Waals surface area contributed by atoms with Crippen LogP contribution in [0, 0.1) is 11.8 Å². The largest absolute Gasteiger partial charge is 0.481 e. The van der Waals surface area contributed by atoms with E-state index in [-0.39, 0.29) is 12.0 Å². The summed E-state index contributed by atoms with van der Waals surface area (Å²) in [5.74, 6) is 2.66. The molecule has 4 unspecified atom stereocenters. The molecule has 1 aliphatic heterocycles. The first kappa shape index (κ1) is 33.8. The fourth-order valence-corrected chi connectivity index (χ4v) is 10.8. The van der Waals surface area contributed by atoms with Gasteiger partial charge in [0.1, 0.15) is 11.3 Å². The molecule has 2 heterocycles. The Morgan fingerprint density at radius 2 is 1.25 bits per heavy atom. The summed E-state index contributed by atoms with van der Waals surface area (Å²) in [6.45, 7) is 0. The summed E-state index contributed by atoms with van der Waals surface area (Å²) in [4.78, 5) is 0. The minimum absolute atomic E-state index is 0.0725. The van der Waals surface area contributed by atoms with Crippen LogP contribution in [0.4, 0.5) is 0 Å². The van der Waals surface area contributed by atoms with Crippen LogP contribution in [0.5, 0.6) is 5.75 Å². The Morgan fingerprint density at radius 1 is 0.517 bits per heavy atom. The van der Waals surface area contributed by atoms with Crippen molar-refractivity contribution in [3.05, 3.63) is 222 Å². The fourth-order valence-electron chi connectivity index (χ4n) is 10.8. The van der Waals surface area contributed by atoms with Gasteiger partial charge >= 0.3 is 0 Å². The lowest BCUT2D eigenvalue weighted by atomic mass is 9.69. The Balaban J connectivity index is 0.821. The van der Waals surface area contributed by atoms with Crippen LogP contribution in [0.1, 0.15) is 47.3 Å². The molecule has 0 radical (unpaired) electrons. The zero-order chi connectivity index (χ0) is 39.3. The normalized spacial score (nSPS) is 20.8. The zero-order valence-electron chi connectivity index (χ0n) is 33.0. The van der Waals surface area contributed by atoms with Crippen molar-refractivity contribution in [3.8, 4) is 39.1 Å². The van der Waals surface area contributed by atoms with Gasteiger partial charge in [0.05, 0.1) is 5.92 Å². The van der Waals surface area contributed by atoms with Gasteiger partial charge in [-0.15, -0.1) is 0 Å². The standard InChI is InChI=1S/C58H40O2/c1-3-17-43-41(11-1)33-51(47-21-7-5-19-45(43)47)39-15-9-13-35(29-39)37-23-27-55-53(31-37)49-25-26-50-54-32-38(24-28-56(54)60-58(50)57(49)59-55)36-14-10-16-40(30-36)52-34-42-12-2-4-18-44(42)46-20-6-8-22-48(46)52/h1,3-11,13-34,46,48-49,57H,2,12H2. The Kier molecular flexibility index (Phi) is 7.42. The highest BCUT2D eigenvalue weighted by atomic mass is 16.5. The number of allylic oxidation sites excluding steroid dienone is 10. The van der Waals surface area contributed by atoms with Crippen LogP contribution in [-0.2, 0) is 0 Å². The van der Waals surface area contributed by atoms with E-state index in [9.17, 15) is 0 Å². The topological polar surface area (TPSA) is 22.4 Å². The number of rotatable bonds is 4. The second-order valence-electron chi connectivity index (χ2n) is 17.0. The highest BCUT2D eigenvalue weighted by Gasteiger charge is 2.40. The van der Waals surface area contributed by atoms with E-state index >= 15 is 0 Å². The molecule has 0 fully saturated rings. The first-order chi connectivity index (χ1) is 29.7. The molecule has 7 aromatic carbocycles. The molecule has 1 aromatic heterocycles. The first-order valence-corrected chi connectivity index (χ1v) is 21.4. The summed E-state index contributed by atoms with van der Waals surface area (Å²) in [7, 11) is 0. The summed E-state index contributed by atoms with van der Waals surface area (Å²) < 4.78 is 13.4. The van der Waals surface area contributed by atoms with Gasteiger partial charge in [-0.2, -0.15) is 0 Å². The Morgan fingerprint density at radius 3 is 2.15 bits per heavy atom. The molecule has 0 saturated heterocycles. The number of hydrogen-bond donors (Lipinski definition) is 0. The number of fused-ring (bicyclic) bond motifs is 12. The molecule has 2 nitrogen and oxygen atoms in total. The number of hydrogen-bond acceptors (Lipinski definition) is 2. The first-order valence-electron chi connectivity index (χ1n) is 21.4. The molecule has 60 heavy (non-hydrogen) atoms. The molecule has 8 aromatic rings. The van der Waals surface area contributed by atoms with Crippen molar-refractivity contribution in [1.29, 1.82) is 0 Å². The van der Waals surface area contributed by atoms with Crippen LogP contribution < -0.4 is 4.74 Å². The minimum atomic E-state index is -0.206. The molecule has 0 saturated carbocycles. The molecular weight excluding hydrogens is 729 g/mol. The van der Waals surface area contributed by atoms with Crippen LogP contribution in [0.3, 0.4) is 0 Å². The molecule has 13 rings (SSSR count). The second kappa shape index (κ2) is 13.2. The Bertz CT molecular complexity index is 3320. The lowest BCUT2D eigenvalue weighted by Crippen LogP contribution is -2.22. The van der Waals surface area contributed by atoms with E-state index in [1.165, 1.54) is 82.8 Å². The molecule has 284 valence electrons. The lowest BCUT2D eigenvalue weighted by molar-refractivity contribution is 0.193. The number of ether oxygens (including phenoxy) is 1. The summed E-state index contributed by atoms with van der Waals surface area (Å²) >= 11 is 0. The fraction of sp³-hybridized carbons (Fsp3) is 0.103. The maximum absolute atomic E-state index is 6.75. The van der Waals surface area contributed by atoms with Crippen LogP contribution in [-0.4, -0.2) is 0 Å². The third-order valence-corrected chi connectivity index (χ3v) is 13.7. The number of furan rings is 1. The third-order valence-electron chi connectivity index (χ3n) is 13.7. The van der Waals surface area contributed by atoms with Gasteiger partial charge in [-0.1, -0.05) is 152 Å². The van der Waals surface area contributed by atoms with Gasteiger partial charge in [-0.05, 0) is 133 Å². The van der Waals surface area contributed by atoms with E-state index in [0.29, 0.717) is 11.8 Å². The Labute approximate surface area is 349 Å². The van der Waals surface area contributed by atoms with Crippen LogP contribution in [0.2, 0.25) is 0 Å². The quantitative estimate of drug-likeness (QED) is 0.166. The van der Waals surface area contributed by atoms with Gasteiger partial charge in [0.15, 0.2) is 11.9 Å². The van der Waals surface area contributed by atoms with Crippen molar-refractivity contribution >= 4 is 44.2 Å². The highest BCUT2D eigenvalue weighted by Crippen LogP contribution is 2.53. The second-order valence-corrected chi connectivity index (χ2v) is 17.0. The van der Waals surface area contributed by atoms with E-state index in [4.69, 9.17) is 9.15 Å². The predicted octanol–water partition coefficient (Wildman–Crippen LogP) is 15.4. The van der Waals surface area contributed by atoms with Crippen molar-refractivity contribution in [2.24, 2.45) is 11.8 Å². The number of benzene rings is 7. The van der Waals surface area contributed by atoms with E-state index in [2.05, 4.69) is 194 Å². The third kappa shape index (κ3) is 5.20. The van der Waals surface area contributed by atoms with Crippen molar-refractivity contribution in [3.63, 3.8) is 0 Å². The van der Waals surface area contributed by atoms with Gasteiger partial charge in [0, 0.05) is 28.3 Å². The molecular formula is C58H40O2. The summed E-state index contributed by atoms with van der Waals surface area (Å²) in [5, 5.41) is 6.22. The van der Waals surface area contributed by atoms with Gasteiger partial charge in [0.25, 0.3) is 0 Å². The average Bonchev–Trinajstić information content (AvgIpc) is 3.89. The van der Waals surface area contributed by atoms with Gasteiger partial charge < -0.3 is 9.15 Å². The molecule has 4 atom stereocenters. The van der Waals surface area contributed by atoms with E-state index < -0.39 is 0 Å². The van der Waals surface area contributed by atoms with Crippen molar-refractivity contribution in [2.75, 3.05) is 0 Å². The predicted molar refractivity (Wildman–Crippen MR) is 248 cm³/mol. The Hall–Kier alpha value is -7.16. The maximum atomic E-state index is 6.75. The average molecular weight is 769 g/mol. The molecule has 5 aliphatic rings. The summed E-state index contributed by atoms with van der Waals surface area (Å²) in [6.07, 6.45) is 23.0. The van der Waals surface area contributed by atoms with Gasteiger partial charge in [-0.3, -0.25) is 0 Å². The molecule has 2 heteroatoms. The van der Waals surface area contributed by atoms with Gasteiger partial charge in [-0.25, -0.2) is 0 Å². The monoisotopic (exact) mass is 768 g/mol. The maximum Gasteiger partial charge on any atom is 0.167 e. The molecule has 0 N–H and O–H groups in total. The van der Waals surface area contributed by atoms with Crippen molar-refractivity contribution in [1.82, 2.24) is 0 Å². The van der Waals surface area contributed by atoms with E-state index in [0.717, 1.165) is 40.9 Å². The van der Waals surface area contributed by atoms with Crippen molar-refractivity contribution in [2.45, 2.75) is 24.9 Å². The smallest absolute Gasteiger partial charge is 0.167 e. The SMILES string of the molecule is C1=CC2C(c3cccc(-c4ccc5oc6c(c5c4)C=CC4c5cc(-c7cccc(-c8cc9ccccc9c9ccccc89)c7)ccc5OC64)c3)=CC3=C(C=CCC3)C2C=C1.